The van der Waals surface area contributed by atoms with Crippen LogP contribution in [0.25, 0.3) is 0 Å². The first-order chi connectivity index (χ1) is 8.61. The molecule has 1 aromatic rings. The molecule has 2 heterocycles. The lowest BCUT2D eigenvalue weighted by Gasteiger charge is -2.37. The molecule has 4 nitrogen and oxygen atoms in total. The molecular weight excluding hydrogens is 248 g/mol. The van der Waals surface area contributed by atoms with Crippen LogP contribution in [0, 0.1) is 11.3 Å². The van der Waals surface area contributed by atoms with E-state index in [9.17, 15) is 0 Å². The van der Waals surface area contributed by atoms with E-state index in [-0.39, 0.29) is 0 Å². The van der Waals surface area contributed by atoms with E-state index in [1.807, 2.05) is 12.1 Å². The molecule has 0 saturated carbocycles. The zero-order valence-corrected chi connectivity index (χ0v) is 11.5. The zero-order chi connectivity index (χ0) is 13.1. The number of piperazine rings is 1. The van der Waals surface area contributed by atoms with Crippen LogP contribution in [0.1, 0.15) is 19.4 Å². The van der Waals surface area contributed by atoms with Gasteiger partial charge in [-0.15, -0.1) is 0 Å². The zero-order valence-electron chi connectivity index (χ0n) is 10.7. The van der Waals surface area contributed by atoms with Gasteiger partial charge in [-0.1, -0.05) is 11.6 Å². The maximum absolute atomic E-state index is 8.82. The highest BCUT2D eigenvalue weighted by Gasteiger charge is 2.20. The van der Waals surface area contributed by atoms with Gasteiger partial charge in [0.2, 0.25) is 0 Å². The molecule has 2 rings (SSSR count). The SMILES string of the molecule is CC(C)N1CCN(c2ccc(C#N)c(Cl)n2)CC1. The molecule has 0 atom stereocenters. The molecule has 0 unspecified atom stereocenters. The Kier molecular flexibility index (Phi) is 4.05. The lowest BCUT2D eigenvalue weighted by molar-refractivity contribution is 0.209. The summed E-state index contributed by atoms with van der Waals surface area (Å²) in [6.07, 6.45) is 0. The third kappa shape index (κ3) is 2.74. The van der Waals surface area contributed by atoms with Gasteiger partial charge >= 0.3 is 0 Å². The van der Waals surface area contributed by atoms with E-state index in [1.54, 1.807) is 6.07 Å². The van der Waals surface area contributed by atoms with Crippen LogP contribution in [-0.4, -0.2) is 42.1 Å². The van der Waals surface area contributed by atoms with Crippen LogP contribution in [0.15, 0.2) is 12.1 Å². The lowest BCUT2D eigenvalue weighted by atomic mass is 10.2. The van der Waals surface area contributed by atoms with Crippen molar-refractivity contribution in [2.75, 3.05) is 31.1 Å². The summed E-state index contributed by atoms with van der Waals surface area (Å²) in [4.78, 5) is 8.95. The summed E-state index contributed by atoms with van der Waals surface area (Å²) in [5, 5.41) is 9.11. The van der Waals surface area contributed by atoms with Gasteiger partial charge < -0.3 is 4.90 Å². The largest absolute Gasteiger partial charge is 0.354 e. The highest BCUT2D eigenvalue weighted by Crippen LogP contribution is 2.20. The van der Waals surface area contributed by atoms with Crippen molar-refractivity contribution in [3.05, 3.63) is 22.8 Å². The van der Waals surface area contributed by atoms with Crippen molar-refractivity contribution in [3.63, 3.8) is 0 Å². The summed E-state index contributed by atoms with van der Waals surface area (Å²) < 4.78 is 0. The van der Waals surface area contributed by atoms with Crippen molar-refractivity contribution in [2.24, 2.45) is 0 Å². The third-order valence-electron chi connectivity index (χ3n) is 3.32. The van der Waals surface area contributed by atoms with Crippen molar-refractivity contribution >= 4 is 17.4 Å². The van der Waals surface area contributed by atoms with E-state index < -0.39 is 0 Å². The molecule has 0 aliphatic carbocycles. The molecular formula is C13H17ClN4. The van der Waals surface area contributed by atoms with Gasteiger partial charge in [-0.25, -0.2) is 4.98 Å². The van der Waals surface area contributed by atoms with E-state index in [0.717, 1.165) is 32.0 Å². The molecule has 1 aromatic heterocycles. The van der Waals surface area contributed by atoms with Crippen molar-refractivity contribution in [1.29, 1.82) is 5.26 Å². The van der Waals surface area contributed by atoms with Gasteiger partial charge in [0.15, 0.2) is 0 Å². The molecule has 1 aliphatic heterocycles. The Bertz CT molecular complexity index is 459. The minimum Gasteiger partial charge on any atom is -0.354 e. The predicted octanol–water partition coefficient (Wildman–Crippen LogP) is 2.14. The number of hydrogen-bond acceptors (Lipinski definition) is 4. The van der Waals surface area contributed by atoms with Crippen LogP contribution in [-0.2, 0) is 0 Å². The minimum absolute atomic E-state index is 0.293. The standard InChI is InChI=1S/C13H17ClN4/c1-10(2)17-5-7-18(8-6-17)12-4-3-11(9-15)13(14)16-12/h3-4,10H,5-8H2,1-2H3. The summed E-state index contributed by atoms with van der Waals surface area (Å²) in [7, 11) is 0. The highest BCUT2D eigenvalue weighted by molar-refractivity contribution is 6.30. The Balaban J connectivity index is 2.06. The summed E-state index contributed by atoms with van der Waals surface area (Å²) in [5.41, 5.74) is 0.432. The predicted molar refractivity (Wildman–Crippen MR) is 72.9 cm³/mol. The van der Waals surface area contributed by atoms with E-state index in [1.165, 1.54) is 0 Å². The molecule has 5 heteroatoms. The number of aromatic nitrogens is 1. The van der Waals surface area contributed by atoms with E-state index in [2.05, 4.69) is 28.6 Å². The maximum Gasteiger partial charge on any atom is 0.149 e. The van der Waals surface area contributed by atoms with E-state index >= 15 is 0 Å². The second kappa shape index (κ2) is 5.55. The topological polar surface area (TPSA) is 43.2 Å². The normalized spacial score (nSPS) is 16.9. The molecule has 1 fully saturated rings. The van der Waals surface area contributed by atoms with Crippen LogP contribution in [0.3, 0.4) is 0 Å². The second-order valence-electron chi connectivity index (χ2n) is 4.74. The lowest BCUT2D eigenvalue weighted by Crippen LogP contribution is -2.49. The molecule has 96 valence electrons. The van der Waals surface area contributed by atoms with Gasteiger partial charge in [0.05, 0.1) is 5.56 Å². The summed E-state index contributed by atoms with van der Waals surface area (Å²) in [6, 6.07) is 6.22. The molecule has 0 spiro atoms. The monoisotopic (exact) mass is 264 g/mol. The average Bonchev–Trinajstić information content (AvgIpc) is 2.38. The van der Waals surface area contributed by atoms with Crippen LogP contribution in [0.4, 0.5) is 5.82 Å². The molecule has 1 saturated heterocycles. The Morgan fingerprint density at radius 1 is 1.28 bits per heavy atom. The molecule has 0 N–H and O–H groups in total. The van der Waals surface area contributed by atoms with Crippen LogP contribution >= 0.6 is 11.6 Å². The number of hydrogen-bond donors (Lipinski definition) is 0. The number of halogens is 1. The van der Waals surface area contributed by atoms with Crippen molar-refractivity contribution < 1.29 is 0 Å². The Morgan fingerprint density at radius 2 is 1.94 bits per heavy atom. The average molecular weight is 265 g/mol. The second-order valence-corrected chi connectivity index (χ2v) is 5.09. The number of pyridine rings is 1. The smallest absolute Gasteiger partial charge is 0.149 e. The van der Waals surface area contributed by atoms with E-state index in [0.29, 0.717) is 16.8 Å². The van der Waals surface area contributed by atoms with Gasteiger partial charge in [0.25, 0.3) is 0 Å². The Labute approximate surface area is 113 Å². The first-order valence-corrected chi connectivity index (χ1v) is 6.55. The fourth-order valence-corrected chi connectivity index (χ4v) is 2.34. The highest BCUT2D eigenvalue weighted by atomic mass is 35.5. The van der Waals surface area contributed by atoms with Crippen LogP contribution in [0.5, 0.6) is 0 Å². The van der Waals surface area contributed by atoms with E-state index in [4.69, 9.17) is 16.9 Å². The van der Waals surface area contributed by atoms with Gasteiger partial charge in [0, 0.05) is 32.2 Å². The first-order valence-electron chi connectivity index (χ1n) is 6.17. The van der Waals surface area contributed by atoms with Crippen molar-refractivity contribution in [2.45, 2.75) is 19.9 Å². The molecule has 0 bridgehead atoms. The molecule has 1 aliphatic rings. The van der Waals surface area contributed by atoms with Gasteiger partial charge in [-0.05, 0) is 26.0 Å². The van der Waals surface area contributed by atoms with Crippen LogP contribution < -0.4 is 4.90 Å². The summed E-state index contributed by atoms with van der Waals surface area (Å²) >= 11 is 5.96. The molecule has 0 radical (unpaired) electrons. The fourth-order valence-electron chi connectivity index (χ4n) is 2.15. The number of nitriles is 1. The number of rotatable bonds is 2. The molecule has 0 amide bonds. The maximum atomic E-state index is 8.82. The summed E-state index contributed by atoms with van der Waals surface area (Å²) in [6.45, 7) is 8.41. The minimum atomic E-state index is 0.293. The molecule has 18 heavy (non-hydrogen) atoms. The van der Waals surface area contributed by atoms with Crippen LogP contribution in [0.2, 0.25) is 5.15 Å². The number of anilines is 1. The Hall–Kier alpha value is -1.31. The van der Waals surface area contributed by atoms with Crippen molar-refractivity contribution in [1.82, 2.24) is 9.88 Å². The quantitative estimate of drug-likeness (QED) is 0.768. The van der Waals surface area contributed by atoms with Gasteiger partial charge in [-0.2, -0.15) is 5.26 Å². The fraction of sp³-hybridized carbons (Fsp3) is 0.538. The third-order valence-corrected chi connectivity index (χ3v) is 3.61. The van der Waals surface area contributed by atoms with Gasteiger partial charge in [-0.3, -0.25) is 4.90 Å². The number of nitrogens with zero attached hydrogens (tertiary/aromatic N) is 4. The summed E-state index contributed by atoms with van der Waals surface area (Å²) in [5.74, 6) is 0.863. The Morgan fingerprint density at radius 3 is 2.44 bits per heavy atom. The van der Waals surface area contributed by atoms with Gasteiger partial charge in [0.1, 0.15) is 17.0 Å². The molecule has 0 aromatic carbocycles. The van der Waals surface area contributed by atoms with Crippen molar-refractivity contribution in [3.8, 4) is 6.07 Å². The first kappa shape index (κ1) is 13.1.